The lowest BCUT2D eigenvalue weighted by molar-refractivity contribution is 0.275. The van der Waals surface area contributed by atoms with Crippen LogP contribution in [0.15, 0.2) is 71.1 Å². The largest absolute Gasteiger partial charge is 0.507 e. The Morgan fingerprint density at radius 3 is 2.19 bits per heavy atom. The number of benzene rings is 3. The first-order chi connectivity index (χ1) is 13.2. The van der Waals surface area contributed by atoms with Gasteiger partial charge < -0.3 is 19.7 Å². The second-order valence-electron chi connectivity index (χ2n) is 5.95. The summed E-state index contributed by atoms with van der Waals surface area (Å²) in [6.45, 7) is -0.325. The van der Waals surface area contributed by atoms with Crippen LogP contribution in [0.5, 0.6) is 11.5 Å². The van der Waals surface area contributed by atoms with Crippen LogP contribution in [-0.4, -0.2) is 25.5 Å². The number of para-hydroxylation sites is 1. The molecular weight excluding hydrogens is 344 g/mol. The van der Waals surface area contributed by atoms with Crippen LogP contribution < -0.4 is 0 Å². The highest BCUT2D eigenvalue weighted by Crippen LogP contribution is 2.41. The molecule has 0 saturated heterocycles. The number of phenolic OH excluding ortho intramolecular Hbond substituents is 1. The lowest BCUT2D eigenvalue weighted by Gasteiger charge is -2.11. The zero-order valence-electron chi connectivity index (χ0n) is 14.2. The van der Waals surface area contributed by atoms with E-state index >= 15 is 0 Å². The summed E-state index contributed by atoms with van der Waals surface area (Å²) in [6.07, 6.45) is 0. The van der Waals surface area contributed by atoms with E-state index in [9.17, 15) is 15.3 Å². The topological polar surface area (TPSA) is 99.6 Å². The van der Waals surface area contributed by atoms with Gasteiger partial charge in [-0.05, 0) is 23.3 Å². The zero-order chi connectivity index (χ0) is 18.8. The van der Waals surface area contributed by atoms with Crippen molar-refractivity contribution in [3.8, 4) is 45.5 Å². The van der Waals surface area contributed by atoms with Gasteiger partial charge >= 0.3 is 0 Å². The van der Waals surface area contributed by atoms with E-state index < -0.39 is 0 Å². The number of rotatable bonds is 4. The summed E-state index contributed by atoms with van der Waals surface area (Å²) >= 11 is 0. The maximum atomic E-state index is 10.7. The van der Waals surface area contributed by atoms with E-state index in [-0.39, 0.29) is 29.9 Å². The first-order valence-electron chi connectivity index (χ1n) is 8.32. The fraction of sp³-hybridized carbons (Fsp3) is 0.0476. The summed E-state index contributed by atoms with van der Waals surface area (Å²) in [4.78, 5) is 0. The van der Waals surface area contributed by atoms with Crippen LogP contribution in [0.25, 0.3) is 34.0 Å². The summed E-state index contributed by atoms with van der Waals surface area (Å²) in [7, 11) is 0. The Hall–Kier alpha value is -3.64. The number of hydrogen-bond donors (Lipinski definition) is 3. The molecule has 0 unspecified atom stereocenters. The monoisotopic (exact) mass is 360 g/mol. The third kappa shape index (κ3) is 3.02. The number of aromatic nitrogens is 2. The zero-order valence-corrected chi connectivity index (χ0v) is 14.2. The van der Waals surface area contributed by atoms with Crippen LogP contribution in [0.3, 0.4) is 0 Å². The molecule has 4 rings (SSSR count). The lowest BCUT2D eigenvalue weighted by atomic mass is 9.96. The van der Waals surface area contributed by atoms with Gasteiger partial charge in [-0.15, -0.1) is 10.2 Å². The van der Waals surface area contributed by atoms with Crippen LogP contribution in [0.1, 0.15) is 5.56 Å². The molecule has 134 valence electrons. The third-order valence-electron chi connectivity index (χ3n) is 4.29. The van der Waals surface area contributed by atoms with E-state index in [4.69, 9.17) is 4.42 Å². The molecule has 0 aliphatic rings. The molecule has 0 aliphatic carbocycles. The van der Waals surface area contributed by atoms with Gasteiger partial charge in [0.2, 0.25) is 0 Å². The van der Waals surface area contributed by atoms with Gasteiger partial charge in [0.1, 0.15) is 11.5 Å². The summed E-state index contributed by atoms with van der Waals surface area (Å²) in [5, 5.41) is 38.3. The minimum Gasteiger partial charge on any atom is -0.507 e. The van der Waals surface area contributed by atoms with Crippen molar-refractivity contribution >= 4 is 0 Å². The number of aliphatic hydroxyl groups is 1. The van der Waals surface area contributed by atoms with Crippen LogP contribution in [0.2, 0.25) is 0 Å². The first kappa shape index (κ1) is 16.8. The molecule has 6 heteroatoms. The average molecular weight is 360 g/mol. The SMILES string of the molecule is OCc1ccc(-c2ccccc2)c(-c2nnc(-c3ccccc3O)o2)c1O. The molecule has 0 fully saturated rings. The Morgan fingerprint density at radius 2 is 1.44 bits per heavy atom. The highest BCUT2D eigenvalue weighted by Gasteiger charge is 2.22. The summed E-state index contributed by atoms with van der Waals surface area (Å²) in [5.74, 6) is 0.131. The minimum atomic E-state index is -0.325. The molecule has 1 aromatic heterocycles. The van der Waals surface area contributed by atoms with Crippen molar-refractivity contribution in [3.63, 3.8) is 0 Å². The molecule has 0 saturated carbocycles. The Labute approximate surface area is 155 Å². The quantitative estimate of drug-likeness (QED) is 0.509. The summed E-state index contributed by atoms with van der Waals surface area (Å²) < 4.78 is 5.76. The fourth-order valence-electron chi connectivity index (χ4n) is 2.92. The predicted octanol–water partition coefficient (Wildman–Crippen LogP) is 3.97. The van der Waals surface area contributed by atoms with Crippen LogP contribution in [0.4, 0.5) is 0 Å². The predicted molar refractivity (Wildman–Crippen MR) is 99.9 cm³/mol. The lowest BCUT2D eigenvalue weighted by Crippen LogP contribution is -1.92. The third-order valence-corrected chi connectivity index (χ3v) is 4.29. The van der Waals surface area contributed by atoms with Gasteiger partial charge in [-0.25, -0.2) is 0 Å². The van der Waals surface area contributed by atoms with Crippen molar-refractivity contribution in [1.29, 1.82) is 0 Å². The second-order valence-corrected chi connectivity index (χ2v) is 5.95. The molecule has 0 radical (unpaired) electrons. The molecule has 0 aliphatic heterocycles. The number of hydrogen-bond acceptors (Lipinski definition) is 6. The van der Waals surface area contributed by atoms with Gasteiger partial charge in [-0.2, -0.15) is 0 Å². The minimum absolute atomic E-state index is 0.0179. The molecule has 3 aromatic carbocycles. The van der Waals surface area contributed by atoms with Gasteiger partial charge in [-0.3, -0.25) is 0 Å². The Kier molecular flexibility index (Phi) is 4.32. The number of aliphatic hydroxyl groups excluding tert-OH is 1. The van der Waals surface area contributed by atoms with E-state index in [1.54, 1.807) is 30.3 Å². The molecule has 6 nitrogen and oxygen atoms in total. The maximum Gasteiger partial charge on any atom is 0.252 e. The molecule has 0 atom stereocenters. The second kappa shape index (κ2) is 6.93. The van der Waals surface area contributed by atoms with Crippen molar-refractivity contribution < 1.29 is 19.7 Å². The molecule has 27 heavy (non-hydrogen) atoms. The molecular formula is C21H16N2O4. The molecule has 0 spiro atoms. The fourth-order valence-corrected chi connectivity index (χ4v) is 2.92. The molecule has 3 N–H and O–H groups in total. The molecule has 1 heterocycles. The Morgan fingerprint density at radius 1 is 0.741 bits per heavy atom. The maximum absolute atomic E-state index is 10.7. The highest BCUT2D eigenvalue weighted by molar-refractivity contribution is 5.85. The number of nitrogens with zero attached hydrogens (tertiary/aromatic N) is 2. The van der Waals surface area contributed by atoms with E-state index in [1.165, 1.54) is 6.07 Å². The normalized spacial score (nSPS) is 10.9. The van der Waals surface area contributed by atoms with Gasteiger partial charge in [0.25, 0.3) is 11.8 Å². The van der Waals surface area contributed by atoms with Gasteiger partial charge in [0.05, 0.1) is 17.7 Å². The van der Waals surface area contributed by atoms with Crippen molar-refractivity contribution in [1.82, 2.24) is 10.2 Å². The van der Waals surface area contributed by atoms with Gasteiger partial charge in [0, 0.05) is 5.56 Å². The van der Waals surface area contributed by atoms with E-state index in [1.807, 2.05) is 30.3 Å². The van der Waals surface area contributed by atoms with Crippen molar-refractivity contribution in [3.05, 3.63) is 72.3 Å². The Balaban J connectivity index is 1.90. The van der Waals surface area contributed by atoms with Gasteiger partial charge in [-0.1, -0.05) is 54.6 Å². The summed E-state index contributed by atoms with van der Waals surface area (Å²) in [5.41, 5.74) is 2.64. The first-order valence-corrected chi connectivity index (χ1v) is 8.32. The van der Waals surface area contributed by atoms with Crippen molar-refractivity contribution in [2.75, 3.05) is 0 Å². The average Bonchev–Trinajstić information content (AvgIpc) is 3.18. The van der Waals surface area contributed by atoms with Crippen molar-refractivity contribution in [2.45, 2.75) is 6.61 Å². The van der Waals surface area contributed by atoms with E-state index in [2.05, 4.69) is 10.2 Å². The van der Waals surface area contributed by atoms with E-state index in [0.717, 1.165) is 5.56 Å². The van der Waals surface area contributed by atoms with Crippen LogP contribution in [0, 0.1) is 0 Å². The molecule has 4 aromatic rings. The van der Waals surface area contributed by atoms with Crippen molar-refractivity contribution in [2.24, 2.45) is 0 Å². The van der Waals surface area contributed by atoms with Gasteiger partial charge in [0.15, 0.2) is 0 Å². The van der Waals surface area contributed by atoms with Crippen LogP contribution >= 0.6 is 0 Å². The Bertz CT molecular complexity index is 1090. The highest BCUT2D eigenvalue weighted by atomic mass is 16.4. The molecule has 0 bridgehead atoms. The van der Waals surface area contributed by atoms with E-state index in [0.29, 0.717) is 22.3 Å². The smallest absolute Gasteiger partial charge is 0.252 e. The van der Waals surface area contributed by atoms with Crippen LogP contribution in [-0.2, 0) is 6.61 Å². The number of aromatic hydroxyl groups is 2. The summed E-state index contributed by atoms with van der Waals surface area (Å²) in [6, 6.07) is 19.5. The number of phenols is 2. The standard InChI is InChI=1S/C21H16N2O4/c24-12-14-10-11-15(13-6-2-1-3-7-13)18(19(14)26)21-23-22-20(27-21)16-8-4-5-9-17(16)25/h1-11,24-26H,12H2. The molecule has 0 amide bonds.